The predicted octanol–water partition coefficient (Wildman–Crippen LogP) is 2.37. The number of anilines is 1. The molecule has 1 fully saturated rings. The molecular formula is C22H16FN3O6S. The van der Waals surface area contributed by atoms with Crippen LogP contribution in [0, 0.1) is 5.82 Å². The lowest BCUT2D eigenvalue weighted by molar-refractivity contribution is -0.118. The molecule has 0 aliphatic carbocycles. The molecular weight excluding hydrogens is 453 g/mol. The molecule has 3 aromatic rings. The van der Waals surface area contributed by atoms with Crippen LogP contribution >= 0.6 is 0 Å². The van der Waals surface area contributed by atoms with Crippen LogP contribution in [0.1, 0.15) is 12.7 Å². The summed E-state index contributed by atoms with van der Waals surface area (Å²) in [5.74, 6) is -2.04. The van der Waals surface area contributed by atoms with Crippen molar-refractivity contribution in [1.29, 1.82) is 0 Å². The third kappa shape index (κ3) is 4.53. The van der Waals surface area contributed by atoms with Crippen LogP contribution in [0.4, 0.5) is 10.1 Å². The zero-order valence-electron chi connectivity index (χ0n) is 17.0. The van der Waals surface area contributed by atoms with Gasteiger partial charge in [0.15, 0.2) is 0 Å². The van der Waals surface area contributed by atoms with Gasteiger partial charge in [0.25, 0.3) is 21.8 Å². The number of carbonyl (C=O) groups is 3. The molecule has 0 bridgehead atoms. The summed E-state index contributed by atoms with van der Waals surface area (Å²) in [5, 5.41) is 0.940. The Labute approximate surface area is 187 Å². The van der Waals surface area contributed by atoms with Gasteiger partial charge in [0.1, 0.15) is 22.9 Å². The number of benzene rings is 2. The molecule has 1 aliphatic rings. The first kappa shape index (κ1) is 22.0. The largest absolute Gasteiger partial charge is 0.457 e. The summed E-state index contributed by atoms with van der Waals surface area (Å²) < 4.78 is 45.1. The van der Waals surface area contributed by atoms with Crippen molar-refractivity contribution >= 4 is 39.5 Å². The van der Waals surface area contributed by atoms with Gasteiger partial charge in [-0.25, -0.2) is 22.5 Å². The lowest BCUT2D eigenvalue weighted by Gasteiger charge is -2.14. The van der Waals surface area contributed by atoms with Gasteiger partial charge >= 0.3 is 0 Å². The van der Waals surface area contributed by atoms with Gasteiger partial charge in [-0.15, -0.1) is 0 Å². The summed E-state index contributed by atoms with van der Waals surface area (Å²) in [7, 11) is -3.96. The van der Waals surface area contributed by atoms with Crippen LogP contribution in [0.15, 0.2) is 75.5 Å². The number of nitrogens with one attached hydrogen (secondary N) is 2. The lowest BCUT2D eigenvalue weighted by atomic mass is 10.2. The van der Waals surface area contributed by atoms with Crippen molar-refractivity contribution in [3.63, 3.8) is 0 Å². The van der Waals surface area contributed by atoms with Gasteiger partial charge < -0.3 is 4.42 Å². The molecule has 2 aromatic carbocycles. The topological polar surface area (TPSA) is 126 Å². The van der Waals surface area contributed by atoms with Gasteiger partial charge in [-0.2, -0.15) is 0 Å². The number of hydrogen-bond donors (Lipinski definition) is 2. The molecule has 0 spiro atoms. The molecule has 9 nitrogen and oxygen atoms in total. The van der Waals surface area contributed by atoms with Gasteiger partial charge in [0.2, 0.25) is 5.91 Å². The van der Waals surface area contributed by atoms with Gasteiger partial charge in [-0.05, 0) is 60.7 Å². The number of nitrogens with zero attached hydrogens (tertiary/aromatic N) is 1. The molecule has 0 radical (unpaired) electrons. The van der Waals surface area contributed by atoms with Crippen LogP contribution in [-0.2, 0) is 24.4 Å². The molecule has 0 atom stereocenters. The number of amides is 3. The first-order valence-electron chi connectivity index (χ1n) is 9.50. The van der Waals surface area contributed by atoms with Crippen LogP contribution in [0.5, 0.6) is 0 Å². The number of hydrazine groups is 1. The SMILES string of the molecule is CC(=O)NS(=O)(=O)c1ccc(-c2ccc(C=C3C(=O)NN(c4cccc(F)c4)C3=O)o2)cc1. The van der Waals surface area contributed by atoms with Crippen LogP contribution in [0.2, 0.25) is 0 Å². The van der Waals surface area contributed by atoms with Crippen molar-refractivity contribution in [2.24, 2.45) is 0 Å². The molecule has 1 saturated heterocycles. The maximum absolute atomic E-state index is 13.5. The third-order valence-corrected chi connectivity index (χ3v) is 6.05. The van der Waals surface area contributed by atoms with E-state index in [0.29, 0.717) is 11.3 Å². The Hall–Kier alpha value is -4.25. The Kier molecular flexibility index (Phi) is 5.56. The quantitative estimate of drug-likeness (QED) is 0.437. The van der Waals surface area contributed by atoms with E-state index in [9.17, 15) is 27.2 Å². The van der Waals surface area contributed by atoms with Crippen LogP contribution in [0.3, 0.4) is 0 Å². The summed E-state index contributed by atoms with van der Waals surface area (Å²) in [5.41, 5.74) is 2.88. The van der Waals surface area contributed by atoms with Crippen molar-refractivity contribution in [2.75, 3.05) is 5.01 Å². The predicted molar refractivity (Wildman–Crippen MR) is 115 cm³/mol. The first-order valence-corrected chi connectivity index (χ1v) is 11.0. The fourth-order valence-corrected chi connectivity index (χ4v) is 4.12. The van der Waals surface area contributed by atoms with Gasteiger partial charge in [-0.3, -0.25) is 19.8 Å². The molecule has 33 heavy (non-hydrogen) atoms. The van der Waals surface area contributed by atoms with Crippen molar-refractivity contribution in [3.8, 4) is 11.3 Å². The lowest BCUT2D eigenvalue weighted by Crippen LogP contribution is -2.35. The molecule has 2 heterocycles. The number of furan rings is 1. The zero-order valence-corrected chi connectivity index (χ0v) is 17.9. The van der Waals surface area contributed by atoms with Crippen LogP contribution in [0.25, 0.3) is 17.4 Å². The van der Waals surface area contributed by atoms with E-state index < -0.39 is 33.6 Å². The van der Waals surface area contributed by atoms with E-state index in [0.717, 1.165) is 18.0 Å². The van der Waals surface area contributed by atoms with Crippen LogP contribution in [-0.4, -0.2) is 26.1 Å². The summed E-state index contributed by atoms with van der Waals surface area (Å²) in [6.45, 7) is 1.09. The average Bonchev–Trinajstić information content (AvgIpc) is 3.33. The standard InChI is InChI=1S/C22H16FN3O6S/c1-13(27)25-33(30,31)18-8-5-14(6-9-18)20-10-7-17(32-20)12-19-21(28)24-26(22(19)29)16-4-2-3-15(23)11-16/h2-12H,1H3,(H,24,28)(H,25,27). The van der Waals surface area contributed by atoms with Crippen molar-refractivity contribution < 1.29 is 31.6 Å². The highest BCUT2D eigenvalue weighted by Crippen LogP contribution is 2.27. The zero-order chi connectivity index (χ0) is 23.8. The molecule has 11 heteroatoms. The summed E-state index contributed by atoms with van der Waals surface area (Å²) in [6.07, 6.45) is 1.26. The fourth-order valence-electron chi connectivity index (χ4n) is 3.13. The highest BCUT2D eigenvalue weighted by atomic mass is 32.2. The van der Waals surface area contributed by atoms with Gasteiger partial charge in [0.05, 0.1) is 10.6 Å². The molecule has 0 unspecified atom stereocenters. The highest BCUT2D eigenvalue weighted by Gasteiger charge is 2.35. The maximum Gasteiger partial charge on any atom is 0.282 e. The normalized spacial score (nSPS) is 15.1. The fraction of sp³-hybridized carbons (Fsp3) is 0.0455. The van der Waals surface area contributed by atoms with Crippen molar-refractivity contribution in [2.45, 2.75) is 11.8 Å². The van der Waals surface area contributed by atoms with Gasteiger partial charge in [0, 0.05) is 12.5 Å². The number of sulfonamides is 1. The van der Waals surface area contributed by atoms with E-state index in [1.165, 1.54) is 54.6 Å². The summed E-state index contributed by atoms with van der Waals surface area (Å²) in [4.78, 5) is 35.9. The summed E-state index contributed by atoms with van der Waals surface area (Å²) >= 11 is 0. The molecule has 1 aromatic heterocycles. The third-order valence-electron chi connectivity index (χ3n) is 4.60. The summed E-state index contributed by atoms with van der Waals surface area (Å²) in [6, 6.07) is 13.9. The minimum absolute atomic E-state index is 0.0963. The van der Waals surface area contributed by atoms with Crippen LogP contribution < -0.4 is 15.2 Å². The Morgan fingerprint density at radius 2 is 1.82 bits per heavy atom. The van der Waals surface area contributed by atoms with E-state index in [-0.39, 0.29) is 21.9 Å². The second-order valence-electron chi connectivity index (χ2n) is 7.01. The van der Waals surface area contributed by atoms with Crippen molar-refractivity contribution in [3.05, 3.63) is 77.8 Å². The molecule has 1 aliphatic heterocycles. The van der Waals surface area contributed by atoms with Gasteiger partial charge in [-0.1, -0.05) is 6.07 Å². The number of carbonyl (C=O) groups excluding carboxylic acids is 3. The molecule has 2 N–H and O–H groups in total. The minimum atomic E-state index is -3.96. The maximum atomic E-state index is 13.5. The molecule has 3 amide bonds. The first-order chi connectivity index (χ1) is 15.6. The number of halogens is 1. The van der Waals surface area contributed by atoms with Crippen molar-refractivity contribution in [1.82, 2.24) is 10.1 Å². The van der Waals surface area contributed by atoms with E-state index in [1.54, 1.807) is 6.07 Å². The van der Waals surface area contributed by atoms with E-state index in [1.807, 2.05) is 4.72 Å². The van der Waals surface area contributed by atoms with E-state index in [2.05, 4.69) is 5.43 Å². The molecule has 168 valence electrons. The minimum Gasteiger partial charge on any atom is -0.457 e. The van der Waals surface area contributed by atoms with E-state index in [4.69, 9.17) is 4.42 Å². The Balaban J connectivity index is 1.56. The van der Waals surface area contributed by atoms with E-state index >= 15 is 0 Å². The second kappa shape index (κ2) is 8.36. The molecule has 4 rings (SSSR count). The number of hydrogen-bond acceptors (Lipinski definition) is 6. The highest BCUT2D eigenvalue weighted by molar-refractivity contribution is 7.90. The smallest absolute Gasteiger partial charge is 0.282 e. The Morgan fingerprint density at radius 1 is 1.09 bits per heavy atom. The monoisotopic (exact) mass is 469 g/mol. The second-order valence-corrected chi connectivity index (χ2v) is 8.69. The number of rotatable bonds is 5. The Bertz CT molecular complexity index is 1410. The molecule has 0 saturated carbocycles. The Morgan fingerprint density at radius 3 is 2.48 bits per heavy atom. The average molecular weight is 469 g/mol.